The Morgan fingerprint density at radius 2 is 1.00 bits per heavy atom. The molecule has 0 spiro atoms. The average molecular weight is 354 g/mol. The lowest BCUT2D eigenvalue weighted by Crippen LogP contribution is -1.95. The van der Waals surface area contributed by atoms with Crippen LogP contribution in [-0.4, -0.2) is 0 Å². The maximum Gasteiger partial charge on any atom is 0.138 e. The van der Waals surface area contributed by atoms with E-state index >= 15 is 0 Å². The summed E-state index contributed by atoms with van der Waals surface area (Å²) in [6.07, 6.45) is 0. The molecule has 2 nitrogen and oxygen atoms in total. The number of ether oxygens (including phenoxy) is 2. The highest BCUT2D eigenvalue weighted by Gasteiger charge is 2.14. The van der Waals surface area contributed by atoms with Crippen LogP contribution in [0.15, 0.2) is 78.9 Å². The Labute approximate surface area is 160 Å². The summed E-state index contributed by atoms with van der Waals surface area (Å²) < 4.78 is 12.6. The highest BCUT2D eigenvalue weighted by atomic mass is 16.5. The van der Waals surface area contributed by atoms with E-state index < -0.39 is 0 Å². The first kappa shape index (κ1) is 17.2. The fourth-order valence-electron chi connectivity index (χ4n) is 3.24. The average Bonchev–Trinajstić information content (AvgIpc) is 2.68. The predicted octanol–water partition coefficient (Wildman–Crippen LogP) is 7.35. The van der Waals surface area contributed by atoms with Gasteiger partial charge in [0.05, 0.1) is 0 Å². The lowest BCUT2D eigenvalue weighted by molar-refractivity contribution is 0.471. The molecule has 0 N–H and O–H groups in total. The number of fused-ring (bicyclic) bond motifs is 1. The summed E-state index contributed by atoms with van der Waals surface area (Å²) in [5, 5.41) is 2.08. The maximum absolute atomic E-state index is 6.33. The molecule has 0 aliphatic heterocycles. The third-order valence-corrected chi connectivity index (χ3v) is 4.76. The molecule has 0 radical (unpaired) electrons. The van der Waals surface area contributed by atoms with Crippen LogP contribution in [0, 0.1) is 20.8 Å². The first-order valence-corrected chi connectivity index (χ1v) is 9.13. The number of benzene rings is 4. The molecule has 0 amide bonds. The molecule has 4 aromatic rings. The van der Waals surface area contributed by atoms with E-state index in [-0.39, 0.29) is 0 Å². The zero-order chi connectivity index (χ0) is 18.8. The summed E-state index contributed by atoms with van der Waals surface area (Å²) in [6.45, 7) is 6.17. The zero-order valence-electron chi connectivity index (χ0n) is 15.8. The third kappa shape index (κ3) is 3.39. The van der Waals surface area contributed by atoms with E-state index in [1.807, 2.05) is 48.5 Å². The van der Waals surface area contributed by atoms with Crippen LogP contribution in [0.4, 0.5) is 0 Å². The van der Waals surface area contributed by atoms with E-state index in [1.165, 1.54) is 0 Å². The van der Waals surface area contributed by atoms with Crippen LogP contribution < -0.4 is 9.47 Å². The minimum atomic E-state index is 0.842. The molecule has 4 aromatic carbocycles. The molecule has 27 heavy (non-hydrogen) atoms. The molecule has 0 atom stereocenters. The van der Waals surface area contributed by atoms with E-state index in [9.17, 15) is 0 Å². The van der Waals surface area contributed by atoms with Crippen LogP contribution in [-0.2, 0) is 0 Å². The highest BCUT2D eigenvalue weighted by Crippen LogP contribution is 2.41. The topological polar surface area (TPSA) is 18.5 Å². The largest absolute Gasteiger partial charge is 0.456 e. The first-order chi connectivity index (χ1) is 13.1. The molecule has 0 heterocycles. The number of aryl methyl sites for hydroxylation is 3. The van der Waals surface area contributed by atoms with E-state index in [1.54, 1.807) is 0 Å². The summed E-state index contributed by atoms with van der Waals surface area (Å²) in [7, 11) is 0. The van der Waals surface area contributed by atoms with Crippen LogP contribution in [0.1, 0.15) is 16.7 Å². The minimum Gasteiger partial charge on any atom is -0.456 e. The third-order valence-electron chi connectivity index (χ3n) is 4.76. The van der Waals surface area contributed by atoms with Crippen molar-refractivity contribution in [3.8, 4) is 23.0 Å². The summed E-state index contributed by atoms with van der Waals surface area (Å²) >= 11 is 0. The van der Waals surface area contributed by atoms with Gasteiger partial charge in [-0.3, -0.25) is 0 Å². The molecular weight excluding hydrogens is 332 g/mol. The van der Waals surface area contributed by atoms with Crippen molar-refractivity contribution in [1.82, 2.24) is 0 Å². The Kier molecular flexibility index (Phi) is 4.55. The lowest BCUT2D eigenvalue weighted by atomic mass is 10.0. The molecule has 0 aromatic heterocycles. The van der Waals surface area contributed by atoms with Crippen LogP contribution >= 0.6 is 0 Å². The van der Waals surface area contributed by atoms with Crippen molar-refractivity contribution in [1.29, 1.82) is 0 Å². The van der Waals surface area contributed by atoms with Crippen molar-refractivity contribution in [3.63, 3.8) is 0 Å². The Morgan fingerprint density at radius 3 is 1.63 bits per heavy atom. The monoisotopic (exact) mass is 354 g/mol. The van der Waals surface area contributed by atoms with Crippen molar-refractivity contribution in [2.24, 2.45) is 0 Å². The van der Waals surface area contributed by atoms with E-state index in [4.69, 9.17) is 9.47 Å². The van der Waals surface area contributed by atoms with Gasteiger partial charge >= 0.3 is 0 Å². The number of rotatable bonds is 4. The molecule has 0 saturated heterocycles. The number of para-hydroxylation sites is 2. The molecule has 0 bridgehead atoms. The molecule has 0 aliphatic rings. The summed E-state index contributed by atoms with van der Waals surface area (Å²) in [5.41, 5.74) is 3.27. The van der Waals surface area contributed by atoms with Crippen LogP contribution in [0.5, 0.6) is 23.0 Å². The Morgan fingerprint density at radius 1 is 0.481 bits per heavy atom. The number of hydrogen-bond acceptors (Lipinski definition) is 2. The summed E-state index contributed by atoms with van der Waals surface area (Å²) in [5.74, 6) is 3.46. The second-order valence-electron chi connectivity index (χ2n) is 6.80. The molecule has 2 heteroatoms. The smallest absolute Gasteiger partial charge is 0.138 e. The SMILES string of the molecule is Cc1ccccc1Oc1cc(C)c(Oc2ccccc2C)c2ccccc12. The highest BCUT2D eigenvalue weighted by molar-refractivity contribution is 5.95. The van der Waals surface area contributed by atoms with Gasteiger partial charge in [-0.1, -0.05) is 60.7 Å². The normalized spacial score (nSPS) is 10.8. The Balaban J connectivity index is 1.83. The Hall–Kier alpha value is -3.26. The van der Waals surface area contributed by atoms with Crippen molar-refractivity contribution in [2.75, 3.05) is 0 Å². The lowest BCUT2D eigenvalue weighted by Gasteiger charge is -2.17. The van der Waals surface area contributed by atoms with E-state index in [0.29, 0.717) is 0 Å². The van der Waals surface area contributed by atoms with Gasteiger partial charge in [-0.25, -0.2) is 0 Å². The second kappa shape index (κ2) is 7.16. The van der Waals surface area contributed by atoms with E-state index in [0.717, 1.165) is 50.5 Å². The van der Waals surface area contributed by atoms with Crippen molar-refractivity contribution in [2.45, 2.75) is 20.8 Å². The van der Waals surface area contributed by atoms with Crippen molar-refractivity contribution < 1.29 is 9.47 Å². The number of hydrogen-bond donors (Lipinski definition) is 0. The molecule has 134 valence electrons. The van der Waals surface area contributed by atoms with Gasteiger partial charge in [0.2, 0.25) is 0 Å². The second-order valence-corrected chi connectivity index (χ2v) is 6.80. The summed E-state index contributed by atoms with van der Waals surface area (Å²) in [6, 6.07) is 26.4. The van der Waals surface area contributed by atoms with Crippen molar-refractivity contribution >= 4 is 10.8 Å². The molecule has 0 aliphatic carbocycles. The van der Waals surface area contributed by atoms with Gasteiger partial charge < -0.3 is 9.47 Å². The standard InChI is InChI=1S/C25H22O2/c1-17-10-4-8-14-22(17)26-24-16-19(3)25(21-13-7-6-12-20(21)24)27-23-15-9-5-11-18(23)2/h4-16H,1-3H3. The van der Waals surface area contributed by atoms with Gasteiger partial charge in [-0.05, 0) is 55.7 Å². The first-order valence-electron chi connectivity index (χ1n) is 9.13. The van der Waals surface area contributed by atoms with E-state index in [2.05, 4.69) is 51.1 Å². The predicted molar refractivity (Wildman–Crippen MR) is 111 cm³/mol. The zero-order valence-corrected chi connectivity index (χ0v) is 15.8. The van der Waals surface area contributed by atoms with Gasteiger partial charge in [0.1, 0.15) is 23.0 Å². The quantitative estimate of drug-likeness (QED) is 0.381. The molecule has 4 rings (SSSR count). The van der Waals surface area contributed by atoms with Crippen LogP contribution in [0.3, 0.4) is 0 Å². The minimum absolute atomic E-state index is 0.842. The molecule has 0 fully saturated rings. The van der Waals surface area contributed by atoms with Gasteiger partial charge in [0.15, 0.2) is 0 Å². The fraction of sp³-hybridized carbons (Fsp3) is 0.120. The van der Waals surface area contributed by atoms with Gasteiger partial charge in [-0.2, -0.15) is 0 Å². The summed E-state index contributed by atoms with van der Waals surface area (Å²) in [4.78, 5) is 0. The van der Waals surface area contributed by atoms with Gasteiger partial charge in [-0.15, -0.1) is 0 Å². The van der Waals surface area contributed by atoms with Gasteiger partial charge in [0, 0.05) is 10.8 Å². The van der Waals surface area contributed by atoms with Gasteiger partial charge in [0.25, 0.3) is 0 Å². The maximum atomic E-state index is 6.33. The molecule has 0 saturated carbocycles. The molecule has 0 unspecified atom stereocenters. The fourth-order valence-corrected chi connectivity index (χ4v) is 3.24. The van der Waals surface area contributed by atoms with Crippen LogP contribution in [0.25, 0.3) is 10.8 Å². The van der Waals surface area contributed by atoms with Crippen LogP contribution in [0.2, 0.25) is 0 Å². The molecular formula is C25H22O2. The Bertz CT molecular complexity index is 1110. The van der Waals surface area contributed by atoms with Crippen molar-refractivity contribution in [3.05, 3.63) is 95.6 Å².